The largest absolute Gasteiger partial charge is 0.331 e. The molecule has 1 aromatic heterocycles. The average Bonchev–Trinajstić information content (AvgIpc) is 3.32. The Morgan fingerprint density at radius 1 is 1.40 bits per heavy atom. The van der Waals surface area contributed by atoms with Crippen LogP contribution in [-0.4, -0.2) is 22.4 Å². The van der Waals surface area contributed by atoms with Gasteiger partial charge in [0.1, 0.15) is 11.6 Å². The third-order valence-electron chi connectivity index (χ3n) is 4.32. The van der Waals surface area contributed by atoms with E-state index < -0.39 is 29.9 Å². The van der Waals surface area contributed by atoms with Gasteiger partial charge in [0.2, 0.25) is 0 Å². The minimum absolute atomic E-state index is 0.138. The molecule has 25 heavy (non-hydrogen) atoms. The number of anilines is 1. The van der Waals surface area contributed by atoms with Crippen LogP contribution in [-0.2, 0) is 5.92 Å². The number of hydrogen-bond acceptors (Lipinski definition) is 2. The van der Waals surface area contributed by atoms with Gasteiger partial charge in [-0.25, -0.2) is 13.9 Å². The third kappa shape index (κ3) is 4.12. The highest BCUT2D eigenvalue weighted by Gasteiger charge is 2.33. The quantitative estimate of drug-likeness (QED) is 0.828. The average molecular weight is 352 g/mol. The number of carbonyl (C=O) groups excluding carboxylic acids is 1. The summed E-state index contributed by atoms with van der Waals surface area (Å²) >= 11 is 0. The summed E-state index contributed by atoms with van der Waals surface area (Å²) in [6.45, 7) is 1.07. The van der Waals surface area contributed by atoms with Crippen molar-refractivity contribution in [3.05, 3.63) is 47.9 Å². The molecule has 2 N–H and O–H groups in total. The lowest BCUT2D eigenvalue weighted by Gasteiger charge is -2.19. The van der Waals surface area contributed by atoms with Crippen LogP contribution < -0.4 is 10.6 Å². The fourth-order valence-corrected chi connectivity index (χ4v) is 2.69. The summed E-state index contributed by atoms with van der Waals surface area (Å²) < 4.78 is 42.9. The lowest BCUT2D eigenvalue weighted by atomic mass is 10.1. The number of nitrogens with one attached hydrogen (secondary N) is 2. The van der Waals surface area contributed by atoms with E-state index in [0.717, 1.165) is 31.0 Å². The van der Waals surface area contributed by atoms with Crippen molar-refractivity contribution in [2.75, 3.05) is 11.9 Å². The zero-order valence-electron chi connectivity index (χ0n) is 13.7. The summed E-state index contributed by atoms with van der Waals surface area (Å²) in [5.74, 6) is -3.15. The topological polar surface area (TPSA) is 59.0 Å². The molecule has 0 saturated heterocycles. The minimum atomic E-state index is -3.37. The zero-order valence-corrected chi connectivity index (χ0v) is 13.7. The van der Waals surface area contributed by atoms with Gasteiger partial charge < -0.3 is 5.32 Å². The number of rotatable bonds is 6. The van der Waals surface area contributed by atoms with Gasteiger partial charge in [-0.1, -0.05) is 12.1 Å². The summed E-state index contributed by atoms with van der Waals surface area (Å²) in [6.07, 6.45) is 3.79. The number of benzene rings is 1. The van der Waals surface area contributed by atoms with E-state index in [9.17, 15) is 18.0 Å². The molecule has 3 rings (SSSR count). The lowest BCUT2D eigenvalue weighted by molar-refractivity contribution is -0.000377. The number of nitrogens with zero attached hydrogens (tertiary/aromatic N) is 2. The van der Waals surface area contributed by atoms with Crippen molar-refractivity contribution in [2.24, 2.45) is 5.92 Å². The van der Waals surface area contributed by atoms with E-state index in [0.29, 0.717) is 11.7 Å². The van der Waals surface area contributed by atoms with E-state index in [4.69, 9.17) is 0 Å². The molecule has 0 aliphatic heterocycles. The molecule has 1 atom stereocenters. The normalized spacial score (nSPS) is 15.7. The summed E-state index contributed by atoms with van der Waals surface area (Å²) in [7, 11) is 0. The van der Waals surface area contributed by atoms with Gasteiger partial charge in [-0.3, -0.25) is 5.32 Å². The number of carbonyl (C=O) groups is 1. The molecule has 1 fully saturated rings. The van der Waals surface area contributed by atoms with Gasteiger partial charge in [-0.2, -0.15) is 13.9 Å². The first-order valence-corrected chi connectivity index (χ1v) is 8.09. The minimum Gasteiger partial charge on any atom is -0.331 e. The van der Waals surface area contributed by atoms with Crippen molar-refractivity contribution in [2.45, 2.75) is 31.7 Å². The Bertz CT molecular complexity index is 758. The first-order valence-electron chi connectivity index (χ1n) is 8.09. The Labute approximate surface area is 143 Å². The number of amides is 2. The highest BCUT2D eigenvalue weighted by molar-refractivity contribution is 5.88. The predicted octanol–water partition coefficient (Wildman–Crippen LogP) is 3.91. The molecule has 134 valence electrons. The standard InChI is InChI=1S/C17H19F3N4O/c1-11(12-5-6-12)24-15(7-8-22-24)23-16(25)21-10-17(19,20)13-3-2-4-14(18)9-13/h2-4,7-9,11-12H,5-6,10H2,1H3,(H2,21,23,25). The Hall–Kier alpha value is -2.51. The second-order valence-corrected chi connectivity index (χ2v) is 6.26. The molecule has 1 unspecified atom stereocenters. The van der Waals surface area contributed by atoms with Crippen molar-refractivity contribution in [1.29, 1.82) is 0 Å². The number of alkyl halides is 2. The van der Waals surface area contributed by atoms with Crippen LogP contribution in [0.3, 0.4) is 0 Å². The number of aromatic nitrogens is 2. The van der Waals surface area contributed by atoms with E-state index in [1.54, 1.807) is 16.9 Å². The molecule has 0 bridgehead atoms. The van der Waals surface area contributed by atoms with E-state index >= 15 is 0 Å². The third-order valence-corrected chi connectivity index (χ3v) is 4.32. The summed E-state index contributed by atoms with van der Waals surface area (Å²) in [6, 6.07) is 5.16. The van der Waals surface area contributed by atoms with Gasteiger partial charge in [0.15, 0.2) is 0 Å². The molecule has 0 spiro atoms. The van der Waals surface area contributed by atoms with Crippen LogP contribution in [0, 0.1) is 11.7 Å². The molecule has 1 heterocycles. The van der Waals surface area contributed by atoms with Crippen LogP contribution in [0.4, 0.5) is 23.8 Å². The molecule has 2 aromatic rings. The molecule has 2 amide bonds. The highest BCUT2D eigenvalue weighted by atomic mass is 19.3. The van der Waals surface area contributed by atoms with Crippen LogP contribution >= 0.6 is 0 Å². The maximum Gasteiger partial charge on any atom is 0.320 e. The Kier molecular flexibility index (Phi) is 4.69. The van der Waals surface area contributed by atoms with Crippen LogP contribution in [0.15, 0.2) is 36.5 Å². The monoisotopic (exact) mass is 352 g/mol. The van der Waals surface area contributed by atoms with Crippen molar-refractivity contribution >= 4 is 11.8 Å². The van der Waals surface area contributed by atoms with Gasteiger partial charge in [-0.05, 0) is 37.8 Å². The first kappa shape index (κ1) is 17.3. The smallest absolute Gasteiger partial charge is 0.320 e. The lowest BCUT2D eigenvalue weighted by Crippen LogP contribution is -2.38. The molecular formula is C17H19F3N4O. The first-order chi connectivity index (χ1) is 11.9. The Morgan fingerprint density at radius 2 is 2.16 bits per heavy atom. The molecule has 8 heteroatoms. The highest BCUT2D eigenvalue weighted by Crippen LogP contribution is 2.40. The van der Waals surface area contributed by atoms with Gasteiger partial charge in [0, 0.05) is 11.6 Å². The SMILES string of the molecule is CC(C1CC1)n1nccc1NC(=O)NCC(F)(F)c1cccc(F)c1. The van der Waals surface area contributed by atoms with Crippen LogP contribution in [0.2, 0.25) is 0 Å². The number of urea groups is 1. The van der Waals surface area contributed by atoms with Gasteiger partial charge in [0.25, 0.3) is 5.92 Å². The van der Waals surface area contributed by atoms with E-state index in [1.165, 1.54) is 6.07 Å². The van der Waals surface area contributed by atoms with Crippen molar-refractivity contribution in [3.8, 4) is 0 Å². The van der Waals surface area contributed by atoms with Gasteiger partial charge in [0.05, 0.1) is 18.8 Å². The summed E-state index contributed by atoms with van der Waals surface area (Å²) in [4.78, 5) is 11.9. The number of hydrogen-bond donors (Lipinski definition) is 2. The van der Waals surface area contributed by atoms with E-state index in [1.807, 2.05) is 6.92 Å². The predicted molar refractivity (Wildman–Crippen MR) is 87.0 cm³/mol. The number of halogens is 3. The maximum absolute atomic E-state index is 14.1. The van der Waals surface area contributed by atoms with Crippen molar-refractivity contribution in [3.63, 3.8) is 0 Å². The van der Waals surface area contributed by atoms with Crippen LogP contribution in [0.25, 0.3) is 0 Å². The fourth-order valence-electron chi connectivity index (χ4n) is 2.69. The van der Waals surface area contributed by atoms with Gasteiger partial charge >= 0.3 is 6.03 Å². The molecule has 1 aromatic carbocycles. The molecular weight excluding hydrogens is 333 g/mol. The summed E-state index contributed by atoms with van der Waals surface area (Å²) in [5.41, 5.74) is -0.486. The fraction of sp³-hybridized carbons (Fsp3) is 0.412. The van der Waals surface area contributed by atoms with Crippen LogP contribution in [0.1, 0.15) is 31.4 Å². The Balaban J connectivity index is 1.59. The maximum atomic E-state index is 14.1. The van der Waals surface area contributed by atoms with E-state index in [2.05, 4.69) is 15.7 Å². The van der Waals surface area contributed by atoms with Gasteiger partial charge in [-0.15, -0.1) is 0 Å². The molecule has 1 saturated carbocycles. The van der Waals surface area contributed by atoms with Crippen molar-refractivity contribution in [1.82, 2.24) is 15.1 Å². The van der Waals surface area contributed by atoms with Crippen LogP contribution in [0.5, 0.6) is 0 Å². The zero-order chi connectivity index (χ0) is 18.0. The second-order valence-electron chi connectivity index (χ2n) is 6.26. The van der Waals surface area contributed by atoms with Crippen molar-refractivity contribution < 1.29 is 18.0 Å². The molecule has 1 aliphatic carbocycles. The second kappa shape index (κ2) is 6.78. The Morgan fingerprint density at radius 3 is 2.84 bits per heavy atom. The molecule has 5 nitrogen and oxygen atoms in total. The molecule has 1 aliphatic rings. The summed E-state index contributed by atoms with van der Waals surface area (Å²) in [5, 5.41) is 8.84. The van der Waals surface area contributed by atoms with E-state index in [-0.39, 0.29) is 6.04 Å². The molecule has 0 radical (unpaired) electrons.